The van der Waals surface area contributed by atoms with Gasteiger partial charge in [0.25, 0.3) is 5.91 Å². The van der Waals surface area contributed by atoms with Crippen molar-refractivity contribution in [2.24, 2.45) is 7.05 Å². The van der Waals surface area contributed by atoms with Crippen LogP contribution in [0.15, 0.2) is 12.4 Å². The Morgan fingerprint density at radius 1 is 1.27 bits per heavy atom. The van der Waals surface area contributed by atoms with Crippen LogP contribution in [0.2, 0.25) is 0 Å². The van der Waals surface area contributed by atoms with Crippen LogP contribution in [0.5, 0.6) is 0 Å². The first-order valence-corrected chi connectivity index (χ1v) is 5.55. The largest absolute Gasteiger partial charge is 0.339 e. The zero-order chi connectivity index (χ0) is 10.7. The monoisotopic (exact) mass is 207 g/mol. The number of amides is 1. The Bertz CT molecular complexity index is 337. The van der Waals surface area contributed by atoms with Crippen LogP contribution in [0, 0.1) is 0 Å². The van der Waals surface area contributed by atoms with Crippen LogP contribution in [0.4, 0.5) is 0 Å². The summed E-state index contributed by atoms with van der Waals surface area (Å²) in [6, 6.07) is 0. The molecule has 2 heterocycles. The number of likely N-dealkylation sites (tertiary alicyclic amines) is 1. The zero-order valence-corrected chi connectivity index (χ0v) is 9.15. The van der Waals surface area contributed by atoms with Gasteiger partial charge in [-0.25, -0.2) is 0 Å². The molecular formula is C11H17N3O. The van der Waals surface area contributed by atoms with Crippen LogP contribution >= 0.6 is 0 Å². The Balaban J connectivity index is 2.06. The van der Waals surface area contributed by atoms with Crippen molar-refractivity contribution in [2.75, 3.05) is 13.1 Å². The van der Waals surface area contributed by atoms with Gasteiger partial charge in [0.2, 0.25) is 0 Å². The van der Waals surface area contributed by atoms with Gasteiger partial charge in [0.05, 0.1) is 11.8 Å². The number of aryl methyl sites for hydroxylation is 1. The number of carbonyl (C=O) groups excluding carboxylic acids is 1. The summed E-state index contributed by atoms with van der Waals surface area (Å²) in [6.07, 6.45) is 8.19. The van der Waals surface area contributed by atoms with E-state index < -0.39 is 0 Å². The second-order valence-corrected chi connectivity index (χ2v) is 4.11. The van der Waals surface area contributed by atoms with Crippen LogP contribution in [0.25, 0.3) is 0 Å². The van der Waals surface area contributed by atoms with Gasteiger partial charge in [-0.05, 0) is 12.8 Å². The zero-order valence-electron chi connectivity index (χ0n) is 9.15. The molecule has 0 bridgehead atoms. The molecule has 0 unspecified atom stereocenters. The fraction of sp³-hybridized carbons (Fsp3) is 0.636. The molecule has 4 nitrogen and oxygen atoms in total. The lowest BCUT2D eigenvalue weighted by atomic mass is 10.2. The van der Waals surface area contributed by atoms with E-state index in [4.69, 9.17) is 0 Å². The predicted molar refractivity (Wildman–Crippen MR) is 57.6 cm³/mol. The fourth-order valence-corrected chi connectivity index (χ4v) is 1.99. The van der Waals surface area contributed by atoms with E-state index in [-0.39, 0.29) is 5.91 Å². The summed E-state index contributed by atoms with van der Waals surface area (Å²) in [5.74, 6) is 0.130. The van der Waals surface area contributed by atoms with E-state index in [1.54, 1.807) is 17.1 Å². The SMILES string of the molecule is Cn1cc(C(=O)N2CCCCCC2)cn1. The Hall–Kier alpha value is -1.32. The summed E-state index contributed by atoms with van der Waals surface area (Å²) in [4.78, 5) is 14.0. The van der Waals surface area contributed by atoms with Crippen molar-refractivity contribution in [3.05, 3.63) is 18.0 Å². The first kappa shape index (κ1) is 10.2. The summed E-state index contributed by atoms with van der Waals surface area (Å²) < 4.78 is 1.67. The summed E-state index contributed by atoms with van der Waals surface area (Å²) in [5.41, 5.74) is 0.708. The van der Waals surface area contributed by atoms with E-state index >= 15 is 0 Å². The van der Waals surface area contributed by atoms with Gasteiger partial charge in [0, 0.05) is 26.3 Å². The summed E-state index contributed by atoms with van der Waals surface area (Å²) in [5, 5.41) is 4.03. The minimum Gasteiger partial charge on any atom is -0.339 e. The Labute approximate surface area is 89.9 Å². The highest BCUT2D eigenvalue weighted by atomic mass is 16.2. The number of nitrogens with zero attached hydrogens (tertiary/aromatic N) is 3. The Kier molecular flexibility index (Phi) is 3.04. The van der Waals surface area contributed by atoms with Crippen LogP contribution in [-0.4, -0.2) is 33.7 Å². The van der Waals surface area contributed by atoms with Gasteiger partial charge < -0.3 is 4.90 Å². The van der Waals surface area contributed by atoms with Crippen molar-refractivity contribution < 1.29 is 4.79 Å². The van der Waals surface area contributed by atoms with Gasteiger partial charge >= 0.3 is 0 Å². The van der Waals surface area contributed by atoms with E-state index in [0.29, 0.717) is 5.56 Å². The average molecular weight is 207 g/mol. The molecule has 0 aliphatic carbocycles. The first-order valence-electron chi connectivity index (χ1n) is 5.55. The van der Waals surface area contributed by atoms with Crippen molar-refractivity contribution in [3.63, 3.8) is 0 Å². The molecule has 82 valence electrons. The van der Waals surface area contributed by atoms with E-state index in [1.807, 2.05) is 11.9 Å². The fourth-order valence-electron chi connectivity index (χ4n) is 1.99. The van der Waals surface area contributed by atoms with E-state index in [2.05, 4.69) is 5.10 Å². The Morgan fingerprint density at radius 3 is 2.47 bits per heavy atom. The van der Waals surface area contributed by atoms with Gasteiger partial charge in [-0.15, -0.1) is 0 Å². The number of aromatic nitrogens is 2. The molecule has 1 saturated heterocycles. The smallest absolute Gasteiger partial charge is 0.257 e. The van der Waals surface area contributed by atoms with Gasteiger partial charge in [-0.2, -0.15) is 5.10 Å². The molecule has 2 rings (SSSR count). The highest BCUT2D eigenvalue weighted by Gasteiger charge is 2.17. The minimum absolute atomic E-state index is 0.130. The average Bonchev–Trinajstić information content (AvgIpc) is 2.53. The molecule has 0 N–H and O–H groups in total. The van der Waals surface area contributed by atoms with Crippen molar-refractivity contribution in [2.45, 2.75) is 25.7 Å². The number of carbonyl (C=O) groups is 1. The van der Waals surface area contributed by atoms with Crippen LogP contribution in [-0.2, 0) is 7.05 Å². The molecule has 0 spiro atoms. The molecule has 1 aromatic heterocycles. The highest BCUT2D eigenvalue weighted by Crippen LogP contribution is 2.12. The molecule has 0 aromatic carbocycles. The normalized spacial score (nSPS) is 17.5. The summed E-state index contributed by atoms with van der Waals surface area (Å²) in [6.45, 7) is 1.79. The number of hydrogen-bond donors (Lipinski definition) is 0. The molecule has 4 heteroatoms. The number of hydrogen-bond acceptors (Lipinski definition) is 2. The molecule has 15 heavy (non-hydrogen) atoms. The lowest BCUT2D eigenvalue weighted by Gasteiger charge is -2.19. The first-order chi connectivity index (χ1) is 7.27. The standard InChI is InChI=1S/C11H17N3O/c1-13-9-10(8-12-13)11(15)14-6-4-2-3-5-7-14/h8-9H,2-7H2,1H3. The van der Waals surface area contributed by atoms with Crippen molar-refractivity contribution in [1.29, 1.82) is 0 Å². The van der Waals surface area contributed by atoms with Gasteiger partial charge in [0.15, 0.2) is 0 Å². The van der Waals surface area contributed by atoms with Crippen LogP contribution in [0.3, 0.4) is 0 Å². The van der Waals surface area contributed by atoms with E-state index in [0.717, 1.165) is 25.9 Å². The van der Waals surface area contributed by atoms with E-state index in [9.17, 15) is 4.79 Å². The third-order valence-electron chi connectivity index (χ3n) is 2.85. The van der Waals surface area contributed by atoms with Gasteiger partial charge in [-0.3, -0.25) is 9.48 Å². The molecule has 1 aromatic rings. The second kappa shape index (κ2) is 4.47. The minimum atomic E-state index is 0.130. The third-order valence-corrected chi connectivity index (χ3v) is 2.85. The third kappa shape index (κ3) is 2.37. The predicted octanol–water partition coefficient (Wildman–Crippen LogP) is 1.44. The van der Waals surface area contributed by atoms with Crippen molar-refractivity contribution in [3.8, 4) is 0 Å². The molecule has 1 aliphatic rings. The highest BCUT2D eigenvalue weighted by molar-refractivity contribution is 5.93. The molecule has 0 saturated carbocycles. The molecule has 1 fully saturated rings. The molecule has 1 amide bonds. The molecule has 0 atom stereocenters. The summed E-state index contributed by atoms with van der Waals surface area (Å²) >= 11 is 0. The Morgan fingerprint density at radius 2 is 1.93 bits per heavy atom. The second-order valence-electron chi connectivity index (χ2n) is 4.11. The van der Waals surface area contributed by atoms with Gasteiger partial charge in [0.1, 0.15) is 0 Å². The molecule has 0 radical (unpaired) electrons. The maximum Gasteiger partial charge on any atom is 0.257 e. The van der Waals surface area contributed by atoms with Crippen molar-refractivity contribution >= 4 is 5.91 Å². The van der Waals surface area contributed by atoms with Crippen LogP contribution in [0.1, 0.15) is 36.0 Å². The molecule has 1 aliphatic heterocycles. The quantitative estimate of drug-likeness (QED) is 0.698. The van der Waals surface area contributed by atoms with Crippen LogP contribution < -0.4 is 0 Å². The van der Waals surface area contributed by atoms with Gasteiger partial charge in [-0.1, -0.05) is 12.8 Å². The van der Waals surface area contributed by atoms with E-state index in [1.165, 1.54) is 12.8 Å². The topological polar surface area (TPSA) is 38.1 Å². The lowest BCUT2D eigenvalue weighted by Crippen LogP contribution is -2.31. The number of rotatable bonds is 1. The maximum atomic E-state index is 12.0. The molecular weight excluding hydrogens is 190 g/mol. The van der Waals surface area contributed by atoms with Crippen molar-refractivity contribution in [1.82, 2.24) is 14.7 Å². The maximum absolute atomic E-state index is 12.0. The lowest BCUT2D eigenvalue weighted by molar-refractivity contribution is 0.0761. The summed E-state index contributed by atoms with van der Waals surface area (Å²) in [7, 11) is 1.83.